The first-order valence-electron chi connectivity index (χ1n) is 8.43. The first-order valence-corrected chi connectivity index (χ1v) is 9.25. The van der Waals surface area contributed by atoms with Crippen LogP contribution in [0, 0.1) is 6.92 Å². The minimum absolute atomic E-state index is 0.177. The SMILES string of the molecule is COc1ccccc1/C=c1/sc2nc(/C=C/c3ccc(C)cc3)nn2c1=O. The highest BCUT2D eigenvalue weighted by atomic mass is 32.1. The van der Waals surface area contributed by atoms with Gasteiger partial charge in [0, 0.05) is 5.56 Å². The molecule has 6 heteroatoms. The Morgan fingerprint density at radius 3 is 2.59 bits per heavy atom. The molecule has 0 spiro atoms. The van der Waals surface area contributed by atoms with Gasteiger partial charge in [-0.05, 0) is 30.7 Å². The molecular formula is C21H17N3O2S. The van der Waals surface area contributed by atoms with Gasteiger partial charge in [0.05, 0.1) is 11.6 Å². The Morgan fingerprint density at radius 2 is 1.85 bits per heavy atom. The molecule has 2 aromatic heterocycles. The van der Waals surface area contributed by atoms with Crippen LogP contribution >= 0.6 is 11.3 Å². The van der Waals surface area contributed by atoms with E-state index < -0.39 is 0 Å². The van der Waals surface area contributed by atoms with Gasteiger partial charge >= 0.3 is 0 Å². The molecule has 0 radical (unpaired) electrons. The monoisotopic (exact) mass is 375 g/mol. The second-order valence-electron chi connectivity index (χ2n) is 6.07. The van der Waals surface area contributed by atoms with Crippen LogP contribution in [0.2, 0.25) is 0 Å². The zero-order valence-electron chi connectivity index (χ0n) is 14.9. The fourth-order valence-electron chi connectivity index (χ4n) is 2.69. The standard InChI is InChI=1S/C21H17N3O2S/c1-14-7-9-15(10-8-14)11-12-19-22-21-24(23-19)20(25)18(27-21)13-16-5-3-4-6-17(16)26-2/h3-13H,1-2H3/b12-11+,18-13+. The number of fused-ring (bicyclic) bond motifs is 1. The number of benzene rings is 2. The number of thiazole rings is 1. The summed E-state index contributed by atoms with van der Waals surface area (Å²) in [6, 6.07) is 15.7. The number of nitrogens with zero attached hydrogens (tertiary/aromatic N) is 3. The number of aryl methyl sites for hydroxylation is 1. The van der Waals surface area contributed by atoms with Crippen LogP contribution in [0.5, 0.6) is 5.75 Å². The molecule has 2 aromatic carbocycles. The van der Waals surface area contributed by atoms with Gasteiger partial charge in [-0.25, -0.2) is 0 Å². The molecule has 0 aliphatic rings. The highest BCUT2D eigenvalue weighted by Gasteiger charge is 2.09. The molecule has 0 amide bonds. The molecule has 4 aromatic rings. The summed E-state index contributed by atoms with van der Waals surface area (Å²) in [5.41, 5.74) is 2.94. The van der Waals surface area contributed by atoms with Crippen molar-refractivity contribution in [2.45, 2.75) is 6.92 Å². The Balaban J connectivity index is 1.68. The van der Waals surface area contributed by atoms with E-state index in [0.717, 1.165) is 16.9 Å². The predicted molar refractivity (Wildman–Crippen MR) is 109 cm³/mol. The number of para-hydroxylation sites is 1. The quantitative estimate of drug-likeness (QED) is 0.550. The molecule has 0 aliphatic carbocycles. The largest absolute Gasteiger partial charge is 0.496 e. The maximum absolute atomic E-state index is 12.6. The highest BCUT2D eigenvalue weighted by Crippen LogP contribution is 2.18. The number of ether oxygens (including phenoxy) is 1. The first-order chi connectivity index (χ1) is 13.1. The minimum Gasteiger partial charge on any atom is -0.496 e. The third-order valence-corrected chi connectivity index (χ3v) is 5.09. The Bertz CT molecular complexity index is 1240. The molecule has 0 N–H and O–H groups in total. The van der Waals surface area contributed by atoms with Crippen LogP contribution in [0.4, 0.5) is 0 Å². The molecule has 134 valence electrons. The molecule has 27 heavy (non-hydrogen) atoms. The molecular weight excluding hydrogens is 358 g/mol. The van der Waals surface area contributed by atoms with Crippen LogP contribution in [0.1, 0.15) is 22.5 Å². The van der Waals surface area contributed by atoms with Crippen LogP contribution in [0.25, 0.3) is 23.2 Å². The fraction of sp³-hybridized carbons (Fsp3) is 0.0952. The Morgan fingerprint density at radius 1 is 1.07 bits per heavy atom. The van der Waals surface area contributed by atoms with Crippen molar-refractivity contribution in [3.05, 3.63) is 85.9 Å². The van der Waals surface area contributed by atoms with E-state index in [4.69, 9.17) is 4.74 Å². The number of hydrogen-bond donors (Lipinski definition) is 0. The van der Waals surface area contributed by atoms with Crippen molar-refractivity contribution >= 4 is 34.5 Å². The van der Waals surface area contributed by atoms with E-state index in [1.165, 1.54) is 21.4 Å². The molecule has 5 nitrogen and oxygen atoms in total. The molecule has 0 aliphatic heterocycles. The summed E-state index contributed by atoms with van der Waals surface area (Å²) in [6.45, 7) is 2.05. The van der Waals surface area contributed by atoms with E-state index in [2.05, 4.69) is 22.2 Å². The van der Waals surface area contributed by atoms with Crippen molar-refractivity contribution < 1.29 is 4.74 Å². The zero-order valence-corrected chi connectivity index (χ0v) is 15.7. The molecule has 0 bridgehead atoms. The molecule has 0 fully saturated rings. The van der Waals surface area contributed by atoms with Crippen molar-refractivity contribution in [1.29, 1.82) is 0 Å². The van der Waals surface area contributed by atoms with E-state index in [-0.39, 0.29) is 5.56 Å². The molecule has 0 atom stereocenters. The first kappa shape index (κ1) is 17.2. The summed E-state index contributed by atoms with van der Waals surface area (Å²) >= 11 is 1.31. The maximum atomic E-state index is 12.6. The van der Waals surface area contributed by atoms with Gasteiger partial charge in [0.25, 0.3) is 5.56 Å². The van der Waals surface area contributed by atoms with Gasteiger partial charge in [-0.2, -0.15) is 9.50 Å². The lowest BCUT2D eigenvalue weighted by molar-refractivity contribution is 0.414. The van der Waals surface area contributed by atoms with Gasteiger partial charge in [0.15, 0.2) is 5.82 Å². The van der Waals surface area contributed by atoms with Crippen LogP contribution in [0.15, 0.2) is 53.3 Å². The fourth-order valence-corrected chi connectivity index (χ4v) is 3.60. The third-order valence-electron chi connectivity index (χ3n) is 4.13. The highest BCUT2D eigenvalue weighted by molar-refractivity contribution is 7.15. The van der Waals surface area contributed by atoms with Crippen LogP contribution in [-0.4, -0.2) is 21.7 Å². The summed E-state index contributed by atoms with van der Waals surface area (Å²) in [6.07, 6.45) is 5.56. The molecule has 0 saturated heterocycles. The normalized spacial score (nSPS) is 12.3. The summed E-state index contributed by atoms with van der Waals surface area (Å²) < 4.78 is 7.26. The van der Waals surface area contributed by atoms with Gasteiger partial charge in [-0.1, -0.05) is 65.4 Å². The maximum Gasteiger partial charge on any atom is 0.291 e. The van der Waals surface area contributed by atoms with Gasteiger partial charge in [0.2, 0.25) is 4.96 Å². The lowest BCUT2D eigenvalue weighted by Gasteiger charge is -2.02. The van der Waals surface area contributed by atoms with Crippen molar-refractivity contribution in [3.63, 3.8) is 0 Å². The van der Waals surface area contributed by atoms with Gasteiger partial charge < -0.3 is 4.74 Å². The van der Waals surface area contributed by atoms with Crippen LogP contribution < -0.4 is 14.8 Å². The Labute approximate surface area is 159 Å². The molecule has 2 heterocycles. The summed E-state index contributed by atoms with van der Waals surface area (Å²) in [7, 11) is 1.61. The van der Waals surface area contributed by atoms with Gasteiger partial charge in [-0.3, -0.25) is 4.79 Å². The van der Waals surface area contributed by atoms with Gasteiger partial charge in [-0.15, -0.1) is 5.10 Å². The van der Waals surface area contributed by atoms with E-state index in [0.29, 0.717) is 15.3 Å². The lowest BCUT2D eigenvalue weighted by atomic mass is 10.1. The molecule has 0 unspecified atom stereocenters. The van der Waals surface area contributed by atoms with E-state index >= 15 is 0 Å². The summed E-state index contributed by atoms with van der Waals surface area (Å²) in [5, 5.41) is 4.32. The average Bonchev–Trinajstić information content (AvgIpc) is 3.21. The second kappa shape index (κ2) is 7.17. The number of rotatable bonds is 4. The number of aromatic nitrogens is 3. The summed E-state index contributed by atoms with van der Waals surface area (Å²) in [4.78, 5) is 17.6. The Kier molecular flexibility index (Phi) is 4.56. The lowest BCUT2D eigenvalue weighted by Crippen LogP contribution is -2.23. The van der Waals surface area contributed by atoms with Crippen molar-refractivity contribution in [2.75, 3.05) is 7.11 Å². The van der Waals surface area contributed by atoms with Crippen LogP contribution in [0.3, 0.4) is 0 Å². The molecule has 4 rings (SSSR count). The van der Waals surface area contributed by atoms with Gasteiger partial charge in [0.1, 0.15) is 5.75 Å². The van der Waals surface area contributed by atoms with Crippen molar-refractivity contribution in [2.24, 2.45) is 0 Å². The number of hydrogen-bond acceptors (Lipinski definition) is 5. The minimum atomic E-state index is -0.177. The Hall–Kier alpha value is -3.25. The average molecular weight is 375 g/mol. The predicted octanol–water partition coefficient (Wildman–Crippen LogP) is 3.19. The summed E-state index contributed by atoms with van der Waals surface area (Å²) in [5.74, 6) is 1.24. The zero-order chi connectivity index (χ0) is 18.8. The molecule has 0 saturated carbocycles. The second-order valence-corrected chi connectivity index (χ2v) is 7.08. The van der Waals surface area contributed by atoms with Crippen molar-refractivity contribution in [3.8, 4) is 5.75 Å². The van der Waals surface area contributed by atoms with Crippen molar-refractivity contribution in [1.82, 2.24) is 14.6 Å². The third kappa shape index (κ3) is 3.52. The smallest absolute Gasteiger partial charge is 0.291 e. The van der Waals surface area contributed by atoms with E-state index in [1.807, 2.05) is 61.5 Å². The topological polar surface area (TPSA) is 56.5 Å². The van der Waals surface area contributed by atoms with Crippen LogP contribution in [-0.2, 0) is 0 Å². The number of methoxy groups -OCH3 is 1. The van der Waals surface area contributed by atoms with E-state index in [9.17, 15) is 4.79 Å². The van der Waals surface area contributed by atoms with E-state index in [1.54, 1.807) is 7.11 Å².